The summed E-state index contributed by atoms with van der Waals surface area (Å²) in [6.45, 7) is 1.80. The van der Waals surface area contributed by atoms with Crippen molar-refractivity contribution in [2.45, 2.75) is 50.4 Å². The standard InChI is InChI=1S/C11H23NO4S/c1-10(9-13)17(14,15)12-7-8-16-11-5-3-2-4-6-11/h10-13H,2-9H2,1H3. The molecule has 1 atom stereocenters. The smallest absolute Gasteiger partial charge is 0.216 e. The van der Waals surface area contributed by atoms with Crippen molar-refractivity contribution in [2.75, 3.05) is 19.8 Å². The second-order valence-electron chi connectivity index (χ2n) is 4.56. The Hall–Kier alpha value is -0.170. The number of sulfonamides is 1. The second kappa shape index (κ2) is 7.31. The van der Waals surface area contributed by atoms with Crippen LogP contribution in [-0.2, 0) is 14.8 Å². The molecule has 0 spiro atoms. The van der Waals surface area contributed by atoms with Gasteiger partial charge in [0.2, 0.25) is 10.0 Å². The molecule has 0 saturated heterocycles. The van der Waals surface area contributed by atoms with Crippen molar-refractivity contribution in [2.24, 2.45) is 0 Å². The SMILES string of the molecule is CC(CO)S(=O)(=O)NCCOC1CCCCC1. The summed E-state index contributed by atoms with van der Waals surface area (Å²) >= 11 is 0. The fraction of sp³-hybridized carbons (Fsp3) is 1.00. The second-order valence-corrected chi connectivity index (χ2v) is 6.75. The van der Waals surface area contributed by atoms with Crippen LogP contribution in [0.2, 0.25) is 0 Å². The largest absolute Gasteiger partial charge is 0.395 e. The molecular weight excluding hydrogens is 242 g/mol. The molecule has 0 bridgehead atoms. The third kappa shape index (κ3) is 5.33. The van der Waals surface area contributed by atoms with Crippen molar-refractivity contribution >= 4 is 10.0 Å². The molecule has 1 unspecified atom stereocenters. The Labute approximate surface area is 104 Å². The van der Waals surface area contributed by atoms with Gasteiger partial charge in [0.15, 0.2) is 0 Å². The molecule has 0 aromatic heterocycles. The minimum atomic E-state index is -3.39. The zero-order chi connectivity index (χ0) is 12.7. The predicted molar refractivity (Wildman–Crippen MR) is 66.3 cm³/mol. The van der Waals surface area contributed by atoms with E-state index < -0.39 is 15.3 Å². The number of ether oxygens (including phenoxy) is 1. The van der Waals surface area contributed by atoms with E-state index in [0.717, 1.165) is 12.8 Å². The highest BCUT2D eigenvalue weighted by atomic mass is 32.2. The summed E-state index contributed by atoms with van der Waals surface area (Å²) in [7, 11) is -3.39. The van der Waals surface area contributed by atoms with E-state index in [1.165, 1.54) is 26.2 Å². The first kappa shape index (κ1) is 14.9. The van der Waals surface area contributed by atoms with Crippen molar-refractivity contribution in [3.63, 3.8) is 0 Å². The molecule has 5 nitrogen and oxygen atoms in total. The summed E-state index contributed by atoms with van der Waals surface area (Å²) in [5, 5.41) is 8.01. The highest BCUT2D eigenvalue weighted by Gasteiger charge is 2.19. The van der Waals surface area contributed by atoms with Crippen LogP contribution in [0.4, 0.5) is 0 Å². The van der Waals surface area contributed by atoms with Crippen molar-refractivity contribution < 1.29 is 18.3 Å². The maximum absolute atomic E-state index is 11.5. The molecule has 0 aliphatic heterocycles. The lowest BCUT2D eigenvalue weighted by atomic mass is 9.98. The summed E-state index contributed by atoms with van der Waals surface area (Å²) < 4.78 is 31.0. The van der Waals surface area contributed by atoms with Gasteiger partial charge in [0.05, 0.1) is 24.6 Å². The number of aliphatic hydroxyl groups excluding tert-OH is 1. The summed E-state index contributed by atoms with van der Waals surface area (Å²) in [4.78, 5) is 0. The van der Waals surface area contributed by atoms with E-state index in [1.54, 1.807) is 0 Å². The first-order valence-electron chi connectivity index (χ1n) is 6.27. The van der Waals surface area contributed by atoms with Crippen molar-refractivity contribution in [3.05, 3.63) is 0 Å². The van der Waals surface area contributed by atoms with Gasteiger partial charge in [0.25, 0.3) is 0 Å². The van der Waals surface area contributed by atoms with Crippen LogP contribution in [-0.4, -0.2) is 44.6 Å². The average Bonchev–Trinajstić information content (AvgIpc) is 2.35. The average molecular weight is 265 g/mol. The van der Waals surface area contributed by atoms with Gasteiger partial charge in [-0.1, -0.05) is 19.3 Å². The number of rotatable bonds is 7. The van der Waals surface area contributed by atoms with Gasteiger partial charge in [0.1, 0.15) is 0 Å². The van der Waals surface area contributed by atoms with Crippen LogP contribution in [0.5, 0.6) is 0 Å². The molecule has 17 heavy (non-hydrogen) atoms. The first-order valence-corrected chi connectivity index (χ1v) is 7.82. The Bertz CT molecular complexity index is 299. The van der Waals surface area contributed by atoms with Gasteiger partial charge in [0, 0.05) is 6.54 Å². The van der Waals surface area contributed by atoms with E-state index in [4.69, 9.17) is 9.84 Å². The maximum atomic E-state index is 11.5. The van der Waals surface area contributed by atoms with Crippen molar-refractivity contribution in [1.29, 1.82) is 0 Å². The van der Waals surface area contributed by atoms with Gasteiger partial charge < -0.3 is 9.84 Å². The minimum absolute atomic E-state index is 0.281. The Morgan fingerprint density at radius 2 is 2.00 bits per heavy atom. The Balaban J connectivity index is 2.15. The summed E-state index contributed by atoms with van der Waals surface area (Å²) in [6.07, 6.45) is 6.15. The molecule has 0 aromatic rings. The van der Waals surface area contributed by atoms with Crippen LogP contribution >= 0.6 is 0 Å². The fourth-order valence-electron chi connectivity index (χ4n) is 1.88. The molecule has 1 fully saturated rings. The molecule has 0 amide bonds. The third-order valence-electron chi connectivity index (χ3n) is 3.10. The molecular formula is C11H23NO4S. The van der Waals surface area contributed by atoms with E-state index in [9.17, 15) is 8.42 Å². The van der Waals surface area contributed by atoms with Gasteiger partial charge in [-0.2, -0.15) is 0 Å². The number of hydrogen-bond acceptors (Lipinski definition) is 4. The van der Waals surface area contributed by atoms with E-state index in [2.05, 4.69) is 4.72 Å². The number of aliphatic hydroxyl groups is 1. The fourth-order valence-corrected chi connectivity index (χ4v) is 2.73. The normalized spacial score (nSPS) is 20.4. The van der Waals surface area contributed by atoms with Crippen LogP contribution in [0.3, 0.4) is 0 Å². The van der Waals surface area contributed by atoms with E-state index in [1.807, 2.05) is 0 Å². The zero-order valence-electron chi connectivity index (χ0n) is 10.4. The molecule has 1 aliphatic rings. The van der Waals surface area contributed by atoms with Crippen molar-refractivity contribution in [3.8, 4) is 0 Å². The quantitative estimate of drug-likeness (QED) is 0.662. The van der Waals surface area contributed by atoms with Crippen LogP contribution in [0.15, 0.2) is 0 Å². The molecule has 0 aromatic carbocycles. The van der Waals surface area contributed by atoms with Gasteiger partial charge in [-0.05, 0) is 19.8 Å². The van der Waals surface area contributed by atoms with E-state index in [0.29, 0.717) is 12.7 Å². The van der Waals surface area contributed by atoms with Gasteiger partial charge in [-0.3, -0.25) is 0 Å². The topological polar surface area (TPSA) is 75.6 Å². The Morgan fingerprint density at radius 1 is 1.35 bits per heavy atom. The summed E-state index contributed by atoms with van der Waals surface area (Å²) in [5.41, 5.74) is 0. The third-order valence-corrected chi connectivity index (χ3v) is 4.91. The molecule has 102 valence electrons. The molecule has 1 aliphatic carbocycles. The minimum Gasteiger partial charge on any atom is -0.395 e. The van der Waals surface area contributed by atoms with E-state index >= 15 is 0 Å². The highest BCUT2D eigenvalue weighted by molar-refractivity contribution is 7.90. The zero-order valence-corrected chi connectivity index (χ0v) is 11.2. The molecule has 1 rings (SSSR count). The Kier molecular flexibility index (Phi) is 6.40. The highest BCUT2D eigenvalue weighted by Crippen LogP contribution is 2.19. The number of nitrogens with one attached hydrogen (secondary N) is 1. The molecule has 6 heteroatoms. The molecule has 0 radical (unpaired) electrons. The van der Waals surface area contributed by atoms with Crippen molar-refractivity contribution in [1.82, 2.24) is 4.72 Å². The summed E-state index contributed by atoms with van der Waals surface area (Å²) in [5.74, 6) is 0. The predicted octanol–water partition coefficient (Wildman–Crippen LogP) is 0.636. The van der Waals surface area contributed by atoms with Crippen LogP contribution in [0.25, 0.3) is 0 Å². The summed E-state index contributed by atoms with van der Waals surface area (Å²) in [6, 6.07) is 0. The van der Waals surface area contributed by atoms with Gasteiger partial charge in [-0.25, -0.2) is 13.1 Å². The molecule has 1 saturated carbocycles. The van der Waals surface area contributed by atoms with Crippen LogP contribution in [0, 0.1) is 0 Å². The van der Waals surface area contributed by atoms with Crippen LogP contribution < -0.4 is 4.72 Å². The van der Waals surface area contributed by atoms with Gasteiger partial charge >= 0.3 is 0 Å². The number of hydrogen-bond donors (Lipinski definition) is 2. The molecule has 0 heterocycles. The van der Waals surface area contributed by atoms with E-state index in [-0.39, 0.29) is 13.2 Å². The Morgan fingerprint density at radius 3 is 2.59 bits per heavy atom. The lowest BCUT2D eigenvalue weighted by Crippen LogP contribution is -2.37. The van der Waals surface area contributed by atoms with Gasteiger partial charge in [-0.15, -0.1) is 0 Å². The lowest BCUT2D eigenvalue weighted by molar-refractivity contribution is 0.0320. The maximum Gasteiger partial charge on any atom is 0.216 e. The molecule has 2 N–H and O–H groups in total. The first-order chi connectivity index (χ1) is 8.06. The lowest BCUT2D eigenvalue weighted by Gasteiger charge is -2.22. The van der Waals surface area contributed by atoms with Crippen LogP contribution in [0.1, 0.15) is 39.0 Å². The monoisotopic (exact) mass is 265 g/mol.